The molecular weight excluding hydrogens is 589 g/mol. The van der Waals surface area contributed by atoms with Crippen molar-refractivity contribution in [3.63, 3.8) is 0 Å². The van der Waals surface area contributed by atoms with Crippen molar-refractivity contribution in [3.8, 4) is 11.5 Å². The molecule has 10 heteroatoms. The van der Waals surface area contributed by atoms with Crippen molar-refractivity contribution in [1.29, 1.82) is 0 Å². The van der Waals surface area contributed by atoms with E-state index < -0.39 is 24.0 Å². The van der Waals surface area contributed by atoms with Crippen molar-refractivity contribution >= 4 is 22.8 Å². The molecule has 3 heterocycles. The molecule has 2 aliphatic rings. The van der Waals surface area contributed by atoms with E-state index in [1.165, 1.54) is 5.56 Å². The number of likely N-dealkylation sites (tertiary alicyclic amines) is 1. The number of aryl methyl sites for hydroxylation is 1. The number of hydrogen-bond acceptors (Lipinski definition) is 7. The number of carboxylic acid groups (broad SMARTS) is 2. The SMILES string of the molecule is COc1ccc(CCCCN2CC[C@@H](CCC(F)c3ccnc4ccc(OC)cc34)[C@@H](C(=O)O)C2)cc1.O=C(O)C1CCCNC1. The van der Waals surface area contributed by atoms with Gasteiger partial charge < -0.3 is 29.9 Å². The zero-order valence-corrected chi connectivity index (χ0v) is 27.0. The van der Waals surface area contributed by atoms with Crippen LogP contribution in [-0.4, -0.2) is 79.0 Å². The quantitative estimate of drug-likeness (QED) is 0.189. The van der Waals surface area contributed by atoms with Crippen LogP contribution >= 0.6 is 0 Å². The van der Waals surface area contributed by atoms with Crippen LogP contribution in [0.3, 0.4) is 0 Å². The topological polar surface area (TPSA) is 121 Å². The number of nitrogens with zero attached hydrogens (tertiary/aromatic N) is 2. The van der Waals surface area contributed by atoms with Crippen LogP contribution in [0.15, 0.2) is 54.7 Å². The Hall–Kier alpha value is -3.76. The average molecular weight is 638 g/mol. The number of ether oxygens (including phenoxy) is 2. The van der Waals surface area contributed by atoms with Gasteiger partial charge in [0.05, 0.1) is 31.6 Å². The Morgan fingerprint density at radius 1 is 1.02 bits per heavy atom. The molecule has 2 aromatic carbocycles. The van der Waals surface area contributed by atoms with Crippen LogP contribution < -0.4 is 14.8 Å². The Balaban J connectivity index is 0.000000459. The Morgan fingerprint density at radius 3 is 2.43 bits per heavy atom. The zero-order chi connectivity index (χ0) is 32.9. The zero-order valence-electron chi connectivity index (χ0n) is 27.0. The van der Waals surface area contributed by atoms with Gasteiger partial charge in [-0.15, -0.1) is 0 Å². The summed E-state index contributed by atoms with van der Waals surface area (Å²) in [5.41, 5.74) is 2.60. The maximum Gasteiger partial charge on any atom is 0.308 e. The van der Waals surface area contributed by atoms with Crippen LogP contribution in [0.5, 0.6) is 11.5 Å². The van der Waals surface area contributed by atoms with Crippen molar-refractivity contribution in [3.05, 3.63) is 65.9 Å². The summed E-state index contributed by atoms with van der Waals surface area (Å²) in [5.74, 6) is -0.537. The lowest BCUT2D eigenvalue weighted by Gasteiger charge is -2.37. The third kappa shape index (κ3) is 10.1. The second-order valence-electron chi connectivity index (χ2n) is 12.3. The van der Waals surface area contributed by atoms with Crippen LogP contribution in [0.4, 0.5) is 4.39 Å². The minimum atomic E-state index is -1.18. The van der Waals surface area contributed by atoms with Crippen LogP contribution in [0, 0.1) is 17.8 Å². The lowest BCUT2D eigenvalue weighted by molar-refractivity contribution is -0.146. The van der Waals surface area contributed by atoms with Gasteiger partial charge in [0, 0.05) is 24.7 Å². The maximum atomic E-state index is 15.4. The minimum absolute atomic E-state index is 0.0195. The Bertz CT molecular complexity index is 1400. The molecule has 0 amide bonds. The van der Waals surface area contributed by atoms with Gasteiger partial charge in [-0.25, -0.2) is 4.39 Å². The van der Waals surface area contributed by atoms with Crippen molar-refractivity contribution < 1.29 is 33.7 Å². The van der Waals surface area contributed by atoms with E-state index in [1.807, 2.05) is 30.3 Å². The van der Waals surface area contributed by atoms with Crippen molar-refractivity contribution in [2.24, 2.45) is 17.8 Å². The molecule has 3 aromatic rings. The first-order chi connectivity index (χ1) is 22.3. The fourth-order valence-corrected chi connectivity index (χ4v) is 6.48. The largest absolute Gasteiger partial charge is 0.497 e. The molecule has 3 N–H and O–H groups in total. The van der Waals surface area contributed by atoms with Crippen LogP contribution in [0.25, 0.3) is 10.9 Å². The number of piperidine rings is 2. The van der Waals surface area contributed by atoms with Gasteiger partial charge in [0.25, 0.3) is 0 Å². The summed E-state index contributed by atoms with van der Waals surface area (Å²) >= 11 is 0. The van der Waals surface area contributed by atoms with E-state index in [2.05, 4.69) is 27.3 Å². The first-order valence-electron chi connectivity index (χ1n) is 16.4. The summed E-state index contributed by atoms with van der Waals surface area (Å²) < 4.78 is 25.9. The lowest BCUT2D eigenvalue weighted by Crippen LogP contribution is -2.44. The fourth-order valence-electron chi connectivity index (χ4n) is 6.48. The molecule has 0 spiro atoms. The molecule has 0 bridgehead atoms. The first-order valence-corrected chi connectivity index (χ1v) is 16.4. The molecule has 250 valence electrons. The van der Waals surface area contributed by atoms with E-state index >= 15 is 4.39 Å². The van der Waals surface area contributed by atoms with Gasteiger partial charge in [-0.1, -0.05) is 12.1 Å². The molecule has 2 aliphatic heterocycles. The molecule has 2 fully saturated rings. The highest BCUT2D eigenvalue weighted by Crippen LogP contribution is 2.35. The molecule has 0 saturated carbocycles. The second kappa shape index (κ2) is 17.8. The number of aromatic nitrogens is 1. The molecule has 9 nitrogen and oxygen atoms in total. The highest BCUT2D eigenvalue weighted by atomic mass is 19.1. The molecule has 0 radical (unpaired) electrons. The predicted molar refractivity (Wildman–Crippen MR) is 176 cm³/mol. The Labute approximate surface area is 271 Å². The number of hydrogen-bond donors (Lipinski definition) is 3. The summed E-state index contributed by atoms with van der Waals surface area (Å²) in [6.45, 7) is 3.92. The van der Waals surface area contributed by atoms with Crippen molar-refractivity contribution in [1.82, 2.24) is 15.2 Å². The Morgan fingerprint density at radius 2 is 1.78 bits per heavy atom. The summed E-state index contributed by atoms with van der Waals surface area (Å²) in [4.78, 5) is 29.0. The van der Waals surface area contributed by atoms with Gasteiger partial charge in [-0.3, -0.25) is 14.6 Å². The number of rotatable bonds is 13. The van der Waals surface area contributed by atoms with Gasteiger partial charge >= 0.3 is 11.9 Å². The van der Waals surface area contributed by atoms with E-state index in [4.69, 9.17) is 14.6 Å². The number of unbranched alkanes of at least 4 members (excludes halogenated alkanes) is 1. The standard InChI is InChI=1S/C30H37FN2O4.C6H11NO2/c1-36-23-9-6-21(7-10-23)5-3-4-17-33-18-15-22(27(20-33)30(34)35)8-12-28(31)25-14-16-32-29-13-11-24(37-2)19-26(25)29;8-6(9)5-2-1-3-7-4-5/h6-7,9-11,13-14,16,19,22,27-28H,3-5,8,12,15,17-18,20H2,1-2H3,(H,34,35);5,7H,1-4H2,(H,8,9)/t22-,27+,28?;/m1./s1. The molecule has 2 unspecified atom stereocenters. The third-order valence-electron chi connectivity index (χ3n) is 9.26. The van der Waals surface area contributed by atoms with Gasteiger partial charge in [0.1, 0.15) is 17.7 Å². The number of nitrogens with one attached hydrogen (secondary N) is 1. The average Bonchev–Trinajstić information content (AvgIpc) is 3.09. The number of aliphatic carboxylic acids is 2. The third-order valence-corrected chi connectivity index (χ3v) is 9.26. The van der Waals surface area contributed by atoms with Gasteiger partial charge in [0.15, 0.2) is 0 Å². The minimum Gasteiger partial charge on any atom is -0.497 e. The van der Waals surface area contributed by atoms with E-state index in [9.17, 15) is 14.7 Å². The highest BCUT2D eigenvalue weighted by molar-refractivity contribution is 5.83. The summed E-state index contributed by atoms with van der Waals surface area (Å²) in [7, 11) is 3.25. The smallest absolute Gasteiger partial charge is 0.308 e. The van der Waals surface area contributed by atoms with Crippen molar-refractivity contribution in [2.45, 2.75) is 57.5 Å². The molecule has 46 heavy (non-hydrogen) atoms. The Kier molecular flexibility index (Phi) is 13.6. The predicted octanol–water partition coefficient (Wildman–Crippen LogP) is 6.16. The summed E-state index contributed by atoms with van der Waals surface area (Å²) in [6, 6.07) is 15.3. The molecule has 2 saturated heterocycles. The fraction of sp³-hybridized carbons (Fsp3) is 0.528. The summed E-state index contributed by atoms with van der Waals surface area (Å²) in [6.07, 6.45) is 6.99. The summed E-state index contributed by atoms with van der Waals surface area (Å²) in [5, 5.41) is 22.2. The number of carbonyl (C=O) groups is 2. The number of benzene rings is 2. The monoisotopic (exact) mass is 637 g/mol. The molecule has 5 rings (SSSR count). The first kappa shape index (κ1) is 35.1. The number of carboxylic acids is 2. The lowest BCUT2D eigenvalue weighted by atomic mass is 9.81. The van der Waals surface area contributed by atoms with Crippen LogP contribution in [-0.2, 0) is 16.0 Å². The molecule has 0 aliphatic carbocycles. The number of fused-ring (bicyclic) bond motifs is 1. The molecule has 4 atom stereocenters. The van der Waals surface area contributed by atoms with Gasteiger partial charge in [-0.05, 0) is 124 Å². The van der Waals surface area contributed by atoms with E-state index in [1.54, 1.807) is 26.5 Å². The number of alkyl halides is 1. The van der Waals surface area contributed by atoms with E-state index in [-0.39, 0.29) is 11.8 Å². The van der Waals surface area contributed by atoms with E-state index in [0.717, 1.165) is 74.8 Å². The number of pyridine rings is 1. The molecule has 1 aromatic heterocycles. The van der Waals surface area contributed by atoms with Crippen LogP contribution in [0.2, 0.25) is 0 Å². The van der Waals surface area contributed by atoms with Gasteiger partial charge in [0.2, 0.25) is 0 Å². The highest BCUT2D eigenvalue weighted by Gasteiger charge is 2.34. The number of methoxy groups -OCH3 is 2. The molecular formula is C36H48FN3O6. The maximum absolute atomic E-state index is 15.4. The normalized spacial score (nSPS) is 20.7. The van der Waals surface area contributed by atoms with Gasteiger partial charge in [-0.2, -0.15) is 0 Å². The van der Waals surface area contributed by atoms with Crippen LogP contribution in [0.1, 0.15) is 62.2 Å². The second-order valence-corrected chi connectivity index (χ2v) is 12.3. The van der Waals surface area contributed by atoms with E-state index in [0.29, 0.717) is 37.2 Å². The number of halogens is 1. The van der Waals surface area contributed by atoms with Crippen molar-refractivity contribution in [2.75, 3.05) is 46.9 Å².